The number of carbonyl (C=O) groups excluding carboxylic acids is 1. The number of allylic oxidation sites excluding steroid dienone is 4. The fourth-order valence-corrected chi connectivity index (χ4v) is 0.587. The zero-order valence-corrected chi connectivity index (χ0v) is 8.06. The van der Waals surface area contributed by atoms with Gasteiger partial charge >= 0.3 is 6.18 Å². The van der Waals surface area contributed by atoms with Crippen LogP contribution in [0.2, 0.25) is 0 Å². The Morgan fingerprint density at radius 3 is 2.33 bits per heavy atom. The molecule has 0 aromatic rings. The Hall–Kier alpha value is -1.72. The van der Waals surface area contributed by atoms with Crippen molar-refractivity contribution in [2.24, 2.45) is 5.73 Å². The number of nitrogens with one attached hydrogen (secondary N) is 1. The van der Waals surface area contributed by atoms with Gasteiger partial charge in [0.2, 0.25) is 6.41 Å². The minimum absolute atomic E-state index is 0.00350. The van der Waals surface area contributed by atoms with E-state index in [1.165, 1.54) is 6.92 Å². The second-order valence-electron chi connectivity index (χ2n) is 2.72. The van der Waals surface area contributed by atoms with Gasteiger partial charge in [0, 0.05) is 5.57 Å². The van der Waals surface area contributed by atoms with Crippen LogP contribution in [0.3, 0.4) is 0 Å². The predicted molar refractivity (Wildman–Crippen MR) is 50.4 cm³/mol. The summed E-state index contributed by atoms with van der Waals surface area (Å²) < 4.78 is 35.9. The smallest absolute Gasteiger partial charge is 0.385 e. The molecule has 0 spiro atoms. The molecule has 3 nitrogen and oxygen atoms in total. The molecular weight excluding hydrogens is 209 g/mol. The summed E-state index contributed by atoms with van der Waals surface area (Å²) in [6, 6.07) is 0. The van der Waals surface area contributed by atoms with Crippen molar-refractivity contribution in [2.75, 3.05) is 0 Å². The topological polar surface area (TPSA) is 55.1 Å². The minimum atomic E-state index is -4.45. The third-order valence-corrected chi connectivity index (χ3v) is 1.54. The largest absolute Gasteiger partial charge is 0.415 e. The molecule has 0 aliphatic carbocycles. The van der Waals surface area contributed by atoms with Gasteiger partial charge in [0.1, 0.15) is 5.82 Å². The number of amides is 1. The minimum Gasteiger partial charge on any atom is -0.385 e. The van der Waals surface area contributed by atoms with Crippen LogP contribution in [0.5, 0.6) is 0 Å². The van der Waals surface area contributed by atoms with Crippen LogP contribution in [0, 0.1) is 0 Å². The first-order valence-electron chi connectivity index (χ1n) is 3.89. The van der Waals surface area contributed by atoms with Crippen LogP contribution in [0.25, 0.3) is 0 Å². The normalized spacial score (nSPS) is 13.6. The first kappa shape index (κ1) is 13.3. The molecule has 0 bridgehead atoms. The molecule has 0 aromatic heterocycles. The average Bonchev–Trinajstić information content (AvgIpc) is 2.12. The van der Waals surface area contributed by atoms with Gasteiger partial charge < -0.3 is 11.1 Å². The van der Waals surface area contributed by atoms with Crippen molar-refractivity contribution < 1.29 is 18.0 Å². The Bertz CT molecular complexity index is 316. The Morgan fingerprint density at radius 2 is 1.93 bits per heavy atom. The Kier molecular flexibility index (Phi) is 4.63. The molecule has 0 heterocycles. The molecule has 0 fully saturated rings. The number of alkyl halides is 3. The summed E-state index contributed by atoms with van der Waals surface area (Å²) >= 11 is 0. The molecule has 1 amide bonds. The molecule has 3 N–H and O–H groups in total. The van der Waals surface area contributed by atoms with Crippen LogP contribution in [0.4, 0.5) is 13.2 Å². The number of hydrogen-bond acceptors (Lipinski definition) is 2. The molecule has 0 rings (SSSR count). The van der Waals surface area contributed by atoms with Crippen LogP contribution in [-0.4, -0.2) is 12.6 Å². The van der Waals surface area contributed by atoms with E-state index in [0.717, 1.165) is 12.2 Å². The van der Waals surface area contributed by atoms with Crippen LogP contribution >= 0.6 is 0 Å². The van der Waals surface area contributed by atoms with Gasteiger partial charge in [-0.3, -0.25) is 4.79 Å². The fourth-order valence-electron chi connectivity index (χ4n) is 0.587. The Labute approximate surface area is 85.1 Å². The van der Waals surface area contributed by atoms with E-state index in [-0.39, 0.29) is 5.82 Å². The molecule has 84 valence electrons. The maximum atomic E-state index is 12.0. The van der Waals surface area contributed by atoms with E-state index in [0.29, 0.717) is 12.0 Å². The summed E-state index contributed by atoms with van der Waals surface area (Å²) in [6.45, 7) is 4.30. The van der Waals surface area contributed by atoms with E-state index in [1.54, 1.807) is 0 Å². The van der Waals surface area contributed by atoms with Gasteiger partial charge in [-0.05, 0) is 12.5 Å². The molecule has 0 saturated heterocycles. The highest BCUT2D eigenvalue weighted by atomic mass is 19.4. The van der Waals surface area contributed by atoms with Crippen LogP contribution < -0.4 is 11.1 Å². The molecule has 0 aliphatic rings. The SMILES string of the molecule is C=C(/C=C\C(C)=C(/N)NC=O)C(F)(F)F. The lowest BCUT2D eigenvalue weighted by molar-refractivity contribution is -0.109. The van der Waals surface area contributed by atoms with E-state index in [9.17, 15) is 18.0 Å². The first-order chi connectivity index (χ1) is 6.79. The van der Waals surface area contributed by atoms with Crippen molar-refractivity contribution in [3.05, 3.63) is 35.7 Å². The van der Waals surface area contributed by atoms with Gasteiger partial charge in [-0.1, -0.05) is 18.7 Å². The van der Waals surface area contributed by atoms with Gasteiger partial charge in [0.25, 0.3) is 0 Å². The zero-order valence-electron chi connectivity index (χ0n) is 8.06. The Morgan fingerprint density at radius 1 is 1.40 bits per heavy atom. The number of hydrogen-bond donors (Lipinski definition) is 2. The summed E-state index contributed by atoms with van der Waals surface area (Å²) in [5, 5.41) is 2.12. The van der Waals surface area contributed by atoms with E-state index in [4.69, 9.17) is 5.73 Å². The maximum Gasteiger partial charge on any atom is 0.415 e. The van der Waals surface area contributed by atoms with Gasteiger partial charge in [-0.15, -0.1) is 0 Å². The number of rotatable bonds is 4. The maximum absolute atomic E-state index is 12.0. The van der Waals surface area contributed by atoms with Gasteiger partial charge in [-0.2, -0.15) is 13.2 Å². The summed E-state index contributed by atoms with van der Waals surface area (Å²) in [6.07, 6.45) is -2.20. The van der Waals surface area contributed by atoms with Crippen LogP contribution in [0.1, 0.15) is 6.92 Å². The monoisotopic (exact) mass is 220 g/mol. The van der Waals surface area contributed by atoms with E-state index in [1.807, 2.05) is 0 Å². The van der Waals surface area contributed by atoms with Crippen molar-refractivity contribution in [2.45, 2.75) is 13.1 Å². The summed E-state index contributed by atoms with van der Waals surface area (Å²) in [5.41, 5.74) is 4.63. The molecule has 15 heavy (non-hydrogen) atoms. The number of nitrogens with two attached hydrogens (primary N) is 1. The second kappa shape index (κ2) is 5.23. The first-order valence-corrected chi connectivity index (χ1v) is 3.89. The lowest BCUT2D eigenvalue weighted by Gasteiger charge is -2.05. The standard InChI is InChI=1S/C9H11F3N2O/c1-6(8(13)14-5-15)3-4-7(2)9(10,11)12/h3-5H,2,13H2,1H3,(H,14,15)/b4-3-,8-6+. The third-order valence-electron chi connectivity index (χ3n) is 1.54. The lowest BCUT2D eigenvalue weighted by atomic mass is 10.2. The molecule has 0 unspecified atom stereocenters. The highest BCUT2D eigenvalue weighted by molar-refractivity contribution is 5.50. The van der Waals surface area contributed by atoms with Crippen molar-refractivity contribution in [1.29, 1.82) is 0 Å². The van der Waals surface area contributed by atoms with Crippen molar-refractivity contribution in [3.63, 3.8) is 0 Å². The molecule has 0 radical (unpaired) electrons. The molecule has 0 aliphatic heterocycles. The van der Waals surface area contributed by atoms with Crippen molar-refractivity contribution in [3.8, 4) is 0 Å². The van der Waals surface area contributed by atoms with E-state index >= 15 is 0 Å². The predicted octanol–water partition coefficient (Wildman–Crippen LogP) is 1.60. The van der Waals surface area contributed by atoms with Crippen LogP contribution in [0.15, 0.2) is 35.7 Å². The molecule has 0 saturated carbocycles. The van der Waals surface area contributed by atoms with Crippen molar-refractivity contribution in [1.82, 2.24) is 5.32 Å². The fraction of sp³-hybridized carbons (Fsp3) is 0.222. The van der Waals surface area contributed by atoms with Crippen LogP contribution in [-0.2, 0) is 4.79 Å². The number of carbonyl (C=O) groups is 1. The summed E-state index contributed by atoms with van der Waals surface area (Å²) in [4.78, 5) is 9.97. The zero-order chi connectivity index (χ0) is 12.1. The number of halogens is 3. The van der Waals surface area contributed by atoms with Gasteiger partial charge in [0.05, 0.1) is 0 Å². The lowest BCUT2D eigenvalue weighted by Crippen LogP contribution is -2.19. The average molecular weight is 220 g/mol. The molecule has 0 aromatic carbocycles. The van der Waals surface area contributed by atoms with E-state index < -0.39 is 11.7 Å². The van der Waals surface area contributed by atoms with Gasteiger partial charge in [-0.25, -0.2) is 0 Å². The summed E-state index contributed by atoms with van der Waals surface area (Å²) in [5.74, 6) is -0.00350. The quantitative estimate of drug-likeness (QED) is 0.558. The molecule has 0 atom stereocenters. The van der Waals surface area contributed by atoms with Gasteiger partial charge in [0.15, 0.2) is 0 Å². The molecule has 6 heteroatoms. The molecular formula is C9H11F3N2O. The third kappa shape index (κ3) is 4.90. The highest BCUT2D eigenvalue weighted by Crippen LogP contribution is 2.25. The highest BCUT2D eigenvalue weighted by Gasteiger charge is 2.29. The van der Waals surface area contributed by atoms with E-state index in [2.05, 4.69) is 11.9 Å². The summed E-state index contributed by atoms with van der Waals surface area (Å²) in [7, 11) is 0. The second-order valence-corrected chi connectivity index (χ2v) is 2.72. The Balaban J connectivity index is 4.61. The van der Waals surface area contributed by atoms with Crippen molar-refractivity contribution >= 4 is 6.41 Å².